The number of carbonyl (C=O) groups is 1. The molecular weight excluding hydrogens is 256 g/mol. The lowest BCUT2D eigenvalue weighted by atomic mass is 10.1. The summed E-state index contributed by atoms with van der Waals surface area (Å²) < 4.78 is 31.0. The third-order valence-electron chi connectivity index (χ3n) is 2.03. The molecule has 0 aromatic heterocycles. The fraction of sp³-hybridized carbons (Fsp3) is 0. The Labute approximate surface area is 104 Å². The van der Waals surface area contributed by atoms with Gasteiger partial charge >= 0.3 is 6.03 Å². The lowest BCUT2D eigenvalue weighted by Gasteiger charge is -2.02. The first-order chi connectivity index (χ1) is 8.32. The van der Waals surface area contributed by atoms with Crippen LogP contribution in [0.5, 0.6) is 0 Å². The van der Waals surface area contributed by atoms with Gasteiger partial charge in [0.25, 0.3) is 10.1 Å². The maximum Gasteiger partial charge on any atom is 0.309 e. The number of primary amides is 2. The Bertz CT molecular complexity index is 658. The van der Waals surface area contributed by atoms with E-state index in [9.17, 15) is 8.42 Å². The minimum atomic E-state index is -4.13. The van der Waals surface area contributed by atoms with Crippen molar-refractivity contribution in [3.63, 3.8) is 0 Å². The molecule has 6 nitrogen and oxygen atoms in total. The highest BCUT2D eigenvalue weighted by Gasteiger charge is 2.12. The van der Waals surface area contributed by atoms with E-state index in [1.807, 2.05) is 6.07 Å². The zero-order chi connectivity index (χ0) is 13.8. The van der Waals surface area contributed by atoms with E-state index in [4.69, 9.17) is 9.35 Å². The van der Waals surface area contributed by atoms with Gasteiger partial charge in [0.15, 0.2) is 0 Å². The molecule has 0 bridgehead atoms. The van der Waals surface area contributed by atoms with Crippen LogP contribution < -0.4 is 11.5 Å². The molecule has 18 heavy (non-hydrogen) atoms. The van der Waals surface area contributed by atoms with E-state index in [1.54, 1.807) is 30.3 Å². The normalized spacial score (nSPS) is 10.5. The number of hydrogen-bond acceptors (Lipinski definition) is 3. The summed E-state index contributed by atoms with van der Waals surface area (Å²) in [5.41, 5.74) is 8.50. The quantitative estimate of drug-likeness (QED) is 0.670. The Hall–Kier alpha value is -2.12. The first-order valence-corrected chi connectivity index (χ1v) is 6.26. The molecule has 0 fully saturated rings. The lowest BCUT2D eigenvalue weighted by Crippen LogP contribution is -2.18. The van der Waals surface area contributed by atoms with E-state index >= 15 is 0 Å². The molecule has 0 heterocycles. The van der Waals surface area contributed by atoms with Crippen LogP contribution in [0.15, 0.2) is 47.4 Å². The van der Waals surface area contributed by atoms with Crippen LogP contribution in [0.2, 0.25) is 0 Å². The number of carbonyl (C=O) groups excluding carboxylic acids is 1. The number of urea groups is 1. The van der Waals surface area contributed by atoms with Gasteiger partial charge in [0.05, 0.1) is 0 Å². The molecule has 0 aliphatic rings. The van der Waals surface area contributed by atoms with Gasteiger partial charge in [-0.3, -0.25) is 4.55 Å². The summed E-state index contributed by atoms with van der Waals surface area (Å²) in [5.74, 6) is 0. The van der Waals surface area contributed by atoms with Crippen molar-refractivity contribution in [3.05, 3.63) is 42.5 Å². The SMILES string of the molecule is NC(N)=O.O=S(=O)(O)c1cccc2ccccc12. The van der Waals surface area contributed by atoms with E-state index in [0.717, 1.165) is 5.39 Å². The Balaban J connectivity index is 0.000000357. The van der Waals surface area contributed by atoms with Gasteiger partial charge in [-0.1, -0.05) is 36.4 Å². The second kappa shape index (κ2) is 5.48. The number of rotatable bonds is 1. The molecule has 0 unspecified atom stereocenters. The number of hydrogen-bond donors (Lipinski definition) is 3. The number of fused-ring (bicyclic) bond motifs is 1. The molecule has 0 saturated carbocycles. The van der Waals surface area contributed by atoms with E-state index < -0.39 is 16.1 Å². The molecule has 2 aromatic carbocycles. The highest BCUT2D eigenvalue weighted by Crippen LogP contribution is 2.21. The smallest absolute Gasteiger partial charge is 0.309 e. The Morgan fingerprint density at radius 1 is 1.00 bits per heavy atom. The summed E-state index contributed by atoms with van der Waals surface area (Å²) in [6, 6.07) is 11.0. The summed E-state index contributed by atoms with van der Waals surface area (Å²) in [4.78, 5) is 8.95. The predicted molar refractivity (Wildman–Crippen MR) is 67.5 cm³/mol. The summed E-state index contributed by atoms with van der Waals surface area (Å²) >= 11 is 0. The second-order valence-electron chi connectivity index (χ2n) is 3.35. The van der Waals surface area contributed by atoms with E-state index in [0.29, 0.717) is 5.39 Å². The van der Waals surface area contributed by atoms with Crippen LogP contribution in [0.25, 0.3) is 10.8 Å². The molecule has 0 spiro atoms. The van der Waals surface area contributed by atoms with Gasteiger partial charge in [0, 0.05) is 5.39 Å². The molecule has 0 aliphatic carbocycles. The molecular formula is C11H12N2O4S. The van der Waals surface area contributed by atoms with Gasteiger partial charge in [-0.15, -0.1) is 0 Å². The van der Waals surface area contributed by atoms with E-state index in [2.05, 4.69) is 11.5 Å². The van der Waals surface area contributed by atoms with Crippen molar-refractivity contribution in [1.82, 2.24) is 0 Å². The molecule has 0 atom stereocenters. The van der Waals surface area contributed by atoms with Crippen LogP contribution in [0.3, 0.4) is 0 Å². The van der Waals surface area contributed by atoms with E-state index in [-0.39, 0.29) is 4.90 Å². The van der Waals surface area contributed by atoms with Crippen molar-refractivity contribution in [3.8, 4) is 0 Å². The standard InChI is InChI=1S/C10H8O3S.CH4N2O/c11-14(12,13)10-7-3-5-8-4-1-2-6-9(8)10;2-1(3)4/h1-7H,(H,11,12,13);(H4,2,3,4). The van der Waals surface area contributed by atoms with Crippen molar-refractivity contribution in [1.29, 1.82) is 0 Å². The molecule has 0 radical (unpaired) electrons. The van der Waals surface area contributed by atoms with Gasteiger partial charge in [0.2, 0.25) is 0 Å². The van der Waals surface area contributed by atoms with Gasteiger partial charge in [-0.2, -0.15) is 8.42 Å². The molecule has 0 aliphatic heterocycles. The van der Waals surface area contributed by atoms with Crippen LogP contribution >= 0.6 is 0 Å². The maximum atomic E-state index is 11.0. The molecule has 2 amide bonds. The third kappa shape index (κ3) is 3.72. The topological polar surface area (TPSA) is 123 Å². The number of amides is 2. The molecule has 2 aromatic rings. The second-order valence-corrected chi connectivity index (χ2v) is 4.74. The van der Waals surface area contributed by atoms with Crippen LogP contribution in [0.4, 0.5) is 4.79 Å². The Morgan fingerprint density at radius 3 is 2.06 bits per heavy atom. The lowest BCUT2D eigenvalue weighted by molar-refractivity contribution is 0.256. The monoisotopic (exact) mass is 268 g/mol. The average molecular weight is 268 g/mol. The van der Waals surface area contributed by atoms with Gasteiger partial charge in [-0.05, 0) is 11.5 Å². The van der Waals surface area contributed by atoms with Crippen LogP contribution in [-0.2, 0) is 10.1 Å². The van der Waals surface area contributed by atoms with Crippen molar-refractivity contribution in [2.24, 2.45) is 11.5 Å². The Kier molecular flexibility index (Phi) is 4.24. The largest absolute Gasteiger partial charge is 0.352 e. The fourth-order valence-corrected chi connectivity index (χ4v) is 2.13. The molecule has 2 rings (SSSR count). The van der Waals surface area contributed by atoms with Gasteiger partial charge < -0.3 is 11.5 Å². The van der Waals surface area contributed by atoms with Gasteiger partial charge in [-0.25, -0.2) is 4.79 Å². The highest BCUT2D eigenvalue weighted by atomic mass is 32.2. The molecule has 0 saturated heterocycles. The van der Waals surface area contributed by atoms with Crippen molar-refractivity contribution < 1.29 is 17.8 Å². The summed E-state index contributed by atoms with van der Waals surface area (Å²) in [6.07, 6.45) is 0. The zero-order valence-corrected chi connectivity index (χ0v) is 10.1. The number of nitrogens with two attached hydrogens (primary N) is 2. The van der Waals surface area contributed by atoms with Gasteiger partial charge in [0.1, 0.15) is 4.90 Å². The Morgan fingerprint density at radius 2 is 1.50 bits per heavy atom. The minimum Gasteiger partial charge on any atom is -0.352 e. The van der Waals surface area contributed by atoms with Crippen LogP contribution in [0, 0.1) is 0 Å². The zero-order valence-electron chi connectivity index (χ0n) is 9.28. The van der Waals surface area contributed by atoms with Crippen LogP contribution in [0.1, 0.15) is 0 Å². The molecule has 5 N–H and O–H groups in total. The van der Waals surface area contributed by atoms with Crippen molar-refractivity contribution in [2.45, 2.75) is 4.90 Å². The summed E-state index contributed by atoms with van der Waals surface area (Å²) in [6.45, 7) is 0. The predicted octanol–water partition coefficient (Wildman–Crippen LogP) is 1.11. The highest BCUT2D eigenvalue weighted by molar-refractivity contribution is 7.86. The average Bonchev–Trinajstić information content (AvgIpc) is 2.26. The van der Waals surface area contributed by atoms with Crippen molar-refractivity contribution >= 4 is 26.9 Å². The summed E-state index contributed by atoms with van der Waals surface area (Å²) in [5, 5.41) is 1.33. The summed E-state index contributed by atoms with van der Waals surface area (Å²) in [7, 11) is -4.13. The van der Waals surface area contributed by atoms with Crippen molar-refractivity contribution in [2.75, 3.05) is 0 Å². The third-order valence-corrected chi connectivity index (χ3v) is 2.94. The maximum absolute atomic E-state index is 11.0. The first kappa shape index (κ1) is 13.9. The van der Waals surface area contributed by atoms with Crippen LogP contribution in [-0.4, -0.2) is 19.0 Å². The van der Waals surface area contributed by atoms with E-state index in [1.165, 1.54) is 6.07 Å². The fourth-order valence-electron chi connectivity index (χ4n) is 1.42. The molecule has 7 heteroatoms. The number of benzene rings is 2. The first-order valence-electron chi connectivity index (χ1n) is 4.82. The molecule has 96 valence electrons. The minimum absolute atomic E-state index is 0.0457.